The standard InChI is InChI=1S/C8H10O4.H2O/c1-3-7(9)11-5-6-12-8(10)4-2;/h3-4H,1-2,5-6H2;1H2. The predicted molar refractivity (Wildman–Crippen MR) is 45.9 cm³/mol. The van der Waals surface area contributed by atoms with Crippen LogP contribution < -0.4 is 0 Å². The first-order valence-electron chi connectivity index (χ1n) is 3.29. The summed E-state index contributed by atoms with van der Waals surface area (Å²) in [4.78, 5) is 20.9. The van der Waals surface area contributed by atoms with Crippen molar-refractivity contribution in [1.82, 2.24) is 0 Å². The van der Waals surface area contributed by atoms with Crippen LogP contribution >= 0.6 is 0 Å². The normalized spacial score (nSPS) is 7.69. The molecule has 5 nitrogen and oxygen atoms in total. The summed E-state index contributed by atoms with van der Waals surface area (Å²) in [6.45, 7) is 6.45. The summed E-state index contributed by atoms with van der Waals surface area (Å²) in [6.07, 6.45) is 2.07. The van der Waals surface area contributed by atoms with Crippen LogP contribution in [-0.2, 0) is 19.1 Å². The van der Waals surface area contributed by atoms with Crippen LogP contribution in [0, 0.1) is 0 Å². The second-order valence-corrected chi connectivity index (χ2v) is 1.74. The number of ether oxygens (including phenoxy) is 2. The SMILES string of the molecule is C=CC(=O)OCCOC(=O)C=C.O. The van der Waals surface area contributed by atoms with Gasteiger partial charge in [-0.3, -0.25) is 0 Å². The highest BCUT2D eigenvalue weighted by atomic mass is 16.6. The monoisotopic (exact) mass is 188 g/mol. The first-order valence-corrected chi connectivity index (χ1v) is 3.29. The first kappa shape index (κ1) is 13.9. The Balaban J connectivity index is 0. The van der Waals surface area contributed by atoms with Gasteiger partial charge in [-0.05, 0) is 0 Å². The molecule has 0 radical (unpaired) electrons. The molecule has 74 valence electrons. The smallest absolute Gasteiger partial charge is 0.330 e. The van der Waals surface area contributed by atoms with Gasteiger partial charge in [-0.15, -0.1) is 0 Å². The van der Waals surface area contributed by atoms with Gasteiger partial charge in [-0.25, -0.2) is 9.59 Å². The van der Waals surface area contributed by atoms with Gasteiger partial charge in [0.05, 0.1) is 0 Å². The fourth-order valence-electron chi connectivity index (χ4n) is 0.402. The second-order valence-electron chi connectivity index (χ2n) is 1.74. The van der Waals surface area contributed by atoms with Gasteiger partial charge in [0.2, 0.25) is 0 Å². The van der Waals surface area contributed by atoms with Crippen LogP contribution in [0.1, 0.15) is 0 Å². The van der Waals surface area contributed by atoms with E-state index in [1.165, 1.54) is 0 Å². The van der Waals surface area contributed by atoms with Crippen LogP contribution in [0.4, 0.5) is 0 Å². The lowest BCUT2D eigenvalue weighted by Gasteiger charge is -2.01. The fraction of sp³-hybridized carbons (Fsp3) is 0.250. The van der Waals surface area contributed by atoms with Crippen molar-refractivity contribution in [1.29, 1.82) is 0 Å². The molecular formula is C8H12O5. The molecule has 0 aliphatic carbocycles. The van der Waals surface area contributed by atoms with Crippen LogP contribution in [0.3, 0.4) is 0 Å². The van der Waals surface area contributed by atoms with Crippen molar-refractivity contribution < 1.29 is 24.5 Å². The van der Waals surface area contributed by atoms with E-state index in [9.17, 15) is 9.59 Å². The summed E-state index contributed by atoms with van der Waals surface area (Å²) in [6, 6.07) is 0. The van der Waals surface area contributed by atoms with Gasteiger partial charge in [0.1, 0.15) is 13.2 Å². The van der Waals surface area contributed by atoms with E-state index in [0.717, 1.165) is 12.2 Å². The molecule has 2 N–H and O–H groups in total. The lowest BCUT2D eigenvalue weighted by molar-refractivity contribution is -0.146. The fourth-order valence-corrected chi connectivity index (χ4v) is 0.402. The van der Waals surface area contributed by atoms with Crippen molar-refractivity contribution >= 4 is 11.9 Å². The molecule has 0 saturated heterocycles. The molecule has 0 spiro atoms. The van der Waals surface area contributed by atoms with E-state index in [1.807, 2.05) is 0 Å². The van der Waals surface area contributed by atoms with Crippen LogP contribution in [0.15, 0.2) is 25.3 Å². The molecule has 0 bridgehead atoms. The third-order valence-electron chi connectivity index (χ3n) is 0.905. The zero-order valence-electron chi connectivity index (χ0n) is 7.12. The van der Waals surface area contributed by atoms with Gasteiger partial charge in [-0.2, -0.15) is 0 Å². The molecule has 13 heavy (non-hydrogen) atoms. The Hall–Kier alpha value is -1.62. The summed E-state index contributed by atoms with van der Waals surface area (Å²) < 4.78 is 9.04. The Kier molecular flexibility index (Phi) is 9.09. The van der Waals surface area contributed by atoms with E-state index in [0.29, 0.717) is 0 Å². The third-order valence-corrected chi connectivity index (χ3v) is 0.905. The van der Waals surface area contributed by atoms with Crippen LogP contribution in [-0.4, -0.2) is 30.6 Å². The summed E-state index contributed by atoms with van der Waals surface area (Å²) in [5.41, 5.74) is 0. The average Bonchev–Trinajstić information content (AvgIpc) is 2.11. The minimum absolute atomic E-state index is 0. The van der Waals surface area contributed by atoms with Crippen molar-refractivity contribution in [3.8, 4) is 0 Å². The Morgan fingerprint density at radius 1 is 1.00 bits per heavy atom. The highest BCUT2D eigenvalue weighted by Crippen LogP contribution is 1.82. The van der Waals surface area contributed by atoms with Crippen LogP contribution in [0.5, 0.6) is 0 Å². The minimum Gasteiger partial charge on any atom is -0.459 e. The Morgan fingerprint density at radius 3 is 1.54 bits per heavy atom. The van der Waals surface area contributed by atoms with E-state index in [1.54, 1.807) is 0 Å². The Labute approximate surface area is 75.9 Å². The van der Waals surface area contributed by atoms with Gasteiger partial charge in [0, 0.05) is 12.2 Å². The number of carbonyl (C=O) groups excluding carboxylic acids is 2. The molecule has 0 amide bonds. The molecule has 0 aromatic heterocycles. The quantitative estimate of drug-likeness (QED) is 0.334. The topological polar surface area (TPSA) is 84.1 Å². The lowest BCUT2D eigenvalue weighted by Crippen LogP contribution is -2.10. The number of hydrogen-bond acceptors (Lipinski definition) is 4. The average molecular weight is 188 g/mol. The lowest BCUT2D eigenvalue weighted by atomic mass is 10.6. The van der Waals surface area contributed by atoms with E-state index in [2.05, 4.69) is 22.6 Å². The Morgan fingerprint density at radius 2 is 1.31 bits per heavy atom. The van der Waals surface area contributed by atoms with E-state index in [-0.39, 0.29) is 18.7 Å². The number of rotatable bonds is 5. The maximum atomic E-state index is 10.4. The molecule has 0 aliphatic heterocycles. The Bertz CT molecular complexity index is 175. The molecule has 0 unspecified atom stereocenters. The second kappa shape index (κ2) is 8.48. The maximum absolute atomic E-state index is 10.4. The van der Waals surface area contributed by atoms with Gasteiger partial charge in [-0.1, -0.05) is 13.2 Å². The van der Waals surface area contributed by atoms with E-state index in [4.69, 9.17) is 0 Å². The van der Waals surface area contributed by atoms with E-state index < -0.39 is 11.9 Å². The molecule has 0 aliphatic rings. The van der Waals surface area contributed by atoms with Crippen LogP contribution in [0.25, 0.3) is 0 Å². The molecule has 5 heteroatoms. The number of esters is 2. The molecule has 0 aromatic rings. The largest absolute Gasteiger partial charge is 0.459 e. The van der Waals surface area contributed by atoms with Gasteiger partial charge in [0.25, 0.3) is 0 Å². The number of hydrogen-bond donors (Lipinski definition) is 0. The number of carbonyl (C=O) groups is 2. The molecule has 0 aromatic carbocycles. The van der Waals surface area contributed by atoms with Crippen molar-refractivity contribution in [2.24, 2.45) is 0 Å². The van der Waals surface area contributed by atoms with Gasteiger partial charge < -0.3 is 14.9 Å². The minimum atomic E-state index is -0.537. The van der Waals surface area contributed by atoms with Crippen molar-refractivity contribution in [3.63, 3.8) is 0 Å². The van der Waals surface area contributed by atoms with Crippen molar-refractivity contribution in [2.75, 3.05) is 13.2 Å². The molecular weight excluding hydrogens is 176 g/mol. The molecule has 0 fully saturated rings. The predicted octanol–water partition coefficient (Wildman–Crippen LogP) is -0.380. The third kappa shape index (κ3) is 8.28. The maximum Gasteiger partial charge on any atom is 0.330 e. The van der Waals surface area contributed by atoms with Crippen LogP contribution in [0.2, 0.25) is 0 Å². The zero-order valence-corrected chi connectivity index (χ0v) is 7.12. The first-order chi connectivity index (χ1) is 5.70. The summed E-state index contributed by atoms with van der Waals surface area (Å²) >= 11 is 0. The highest BCUT2D eigenvalue weighted by molar-refractivity contribution is 5.81. The molecule has 0 rings (SSSR count). The summed E-state index contributed by atoms with van der Waals surface area (Å²) in [5.74, 6) is -1.07. The molecule has 0 atom stereocenters. The summed E-state index contributed by atoms with van der Waals surface area (Å²) in [7, 11) is 0. The molecule has 0 saturated carbocycles. The zero-order chi connectivity index (χ0) is 9.40. The van der Waals surface area contributed by atoms with E-state index >= 15 is 0 Å². The van der Waals surface area contributed by atoms with Crippen molar-refractivity contribution in [3.05, 3.63) is 25.3 Å². The highest BCUT2D eigenvalue weighted by Gasteiger charge is 1.97. The summed E-state index contributed by atoms with van der Waals surface area (Å²) in [5, 5.41) is 0. The van der Waals surface area contributed by atoms with Crippen molar-refractivity contribution in [2.45, 2.75) is 0 Å². The van der Waals surface area contributed by atoms with Gasteiger partial charge >= 0.3 is 11.9 Å². The molecule has 0 heterocycles. The van der Waals surface area contributed by atoms with Gasteiger partial charge in [0.15, 0.2) is 0 Å².